The maximum Gasteiger partial charge on any atom is 0.390 e. The van der Waals surface area contributed by atoms with Gasteiger partial charge in [-0.1, -0.05) is 0 Å². The van der Waals surface area contributed by atoms with Gasteiger partial charge in [-0.05, 0) is 6.07 Å². The molecule has 0 aliphatic carbocycles. The first kappa shape index (κ1) is 14.0. The zero-order chi connectivity index (χ0) is 13.8. The number of rotatable bonds is 5. The minimum absolute atomic E-state index is 0.196. The van der Waals surface area contributed by atoms with Crippen LogP contribution in [0.25, 0.3) is 0 Å². The molecule has 100 valence electrons. The summed E-state index contributed by atoms with van der Waals surface area (Å²) in [7, 11) is 0. The molecule has 0 atom stereocenters. The van der Waals surface area contributed by atoms with Crippen molar-refractivity contribution in [3.05, 3.63) is 28.3 Å². The average Bonchev–Trinajstić information content (AvgIpc) is 2.26. The molecule has 0 fully saturated rings. The van der Waals surface area contributed by atoms with E-state index in [1.54, 1.807) is 0 Å². The first-order chi connectivity index (χ1) is 8.31. The van der Waals surface area contributed by atoms with Crippen LogP contribution in [0.5, 0.6) is 0 Å². The summed E-state index contributed by atoms with van der Waals surface area (Å²) in [6.45, 7) is -0.366. The van der Waals surface area contributed by atoms with Crippen molar-refractivity contribution in [1.29, 1.82) is 0 Å². The number of nitro benzene ring substituents is 1. The molecule has 0 bridgehead atoms. The molecule has 6 nitrogen and oxygen atoms in total. The van der Waals surface area contributed by atoms with E-state index < -0.39 is 17.5 Å². The maximum atomic E-state index is 11.9. The topological polar surface area (TPSA) is 93.2 Å². The summed E-state index contributed by atoms with van der Waals surface area (Å²) in [5.74, 6) is 5.11. The van der Waals surface area contributed by atoms with Gasteiger partial charge in [0, 0.05) is 24.4 Å². The minimum Gasteiger partial charge on any atom is -0.384 e. The number of non-ortho nitro benzene ring substituents is 1. The summed E-state index contributed by atoms with van der Waals surface area (Å²) in [6, 6.07) is 3.69. The SMILES string of the molecule is NNc1cc(NCCC(F)(F)F)cc([N+](=O)[O-])c1. The fourth-order valence-corrected chi connectivity index (χ4v) is 1.25. The molecule has 0 radical (unpaired) electrons. The number of halogens is 3. The third-order valence-corrected chi connectivity index (χ3v) is 2.03. The van der Waals surface area contributed by atoms with E-state index in [9.17, 15) is 23.3 Å². The van der Waals surface area contributed by atoms with E-state index in [1.807, 2.05) is 0 Å². The molecule has 1 aromatic carbocycles. The molecule has 0 aliphatic rings. The fraction of sp³-hybridized carbons (Fsp3) is 0.333. The van der Waals surface area contributed by atoms with Crippen LogP contribution < -0.4 is 16.6 Å². The van der Waals surface area contributed by atoms with Crippen LogP contribution >= 0.6 is 0 Å². The smallest absolute Gasteiger partial charge is 0.384 e. The van der Waals surface area contributed by atoms with Crippen molar-refractivity contribution in [2.45, 2.75) is 12.6 Å². The van der Waals surface area contributed by atoms with Crippen molar-refractivity contribution in [2.75, 3.05) is 17.3 Å². The Hall–Kier alpha value is -2.03. The number of benzene rings is 1. The highest BCUT2D eigenvalue weighted by atomic mass is 19.4. The fourth-order valence-electron chi connectivity index (χ4n) is 1.25. The molecule has 0 amide bonds. The molecule has 0 spiro atoms. The van der Waals surface area contributed by atoms with Gasteiger partial charge in [0.25, 0.3) is 5.69 Å². The number of nitrogens with two attached hydrogens (primary N) is 1. The predicted molar refractivity (Wildman–Crippen MR) is 60.1 cm³/mol. The zero-order valence-corrected chi connectivity index (χ0v) is 9.12. The molecule has 0 saturated heterocycles. The Morgan fingerprint density at radius 1 is 1.28 bits per heavy atom. The standard InChI is InChI=1S/C9H11F3N4O2/c10-9(11,12)1-2-14-6-3-7(15-13)5-8(4-6)16(17)18/h3-5,14-15H,1-2,13H2. The number of nitrogens with zero attached hydrogens (tertiary/aromatic N) is 1. The first-order valence-electron chi connectivity index (χ1n) is 4.88. The molecule has 18 heavy (non-hydrogen) atoms. The van der Waals surface area contributed by atoms with Gasteiger partial charge in [-0.2, -0.15) is 13.2 Å². The summed E-state index contributed by atoms with van der Waals surface area (Å²) in [4.78, 5) is 9.93. The van der Waals surface area contributed by atoms with Gasteiger partial charge >= 0.3 is 6.18 Å². The van der Waals surface area contributed by atoms with Gasteiger partial charge in [0.15, 0.2) is 0 Å². The quantitative estimate of drug-likeness (QED) is 0.431. The van der Waals surface area contributed by atoms with Gasteiger partial charge in [0.05, 0.1) is 17.0 Å². The van der Waals surface area contributed by atoms with Crippen molar-refractivity contribution in [2.24, 2.45) is 5.84 Å². The van der Waals surface area contributed by atoms with Crippen LogP contribution in [0.15, 0.2) is 18.2 Å². The number of hydrogen-bond acceptors (Lipinski definition) is 5. The lowest BCUT2D eigenvalue weighted by Crippen LogP contribution is -2.15. The van der Waals surface area contributed by atoms with E-state index in [0.29, 0.717) is 0 Å². The molecule has 4 N–H and O–H groups in total. The second-order valence-corrected chi connectivity index (χ2v) is 3.46. The number of anilines is 2. The summed E-state index contributed by atoms with van der Waals surface area (Å²) < 4.78 is 35.8. The number of hydrogen-bond donors (Lipinski definition) is 3. The molecule has 0 saturated carbocycles. The highest BCUT2D eigenvalue weighted by Gasteiger charge is 2.26. The van der Waals surface area contributed by atoms with Crippen LogP contribution in [-0.2, 0) is 0 Å². The van der Waals surface area contributed by atoms with Crippen LogP contribution in [-0.4, -0.2) is 17.6 Å². The van der Waals surface area contributed by atoms with Gasteiger partial charge in [0.1, 0.15) is 0 Å². The summed E-state index contributed by atoms with van der Waals surface area (Å²) in [5, 5.41) is 13.0. The molecular formula is C9H11F3N4O2. The van der Waals surface area contributed by atoms with Crippen LogP contribution in [0, 0.1) is 10.1 Å². The van der Waals surface area contributed by atoms with E-state index in [-0.39, 0.29) is 23.6 Å². The molecule has 1 rings (SSSR count). The lowest BCUT2D eigenvalue weighted by Gasteiger charge is -2.10. The zero-order valence-electron chi connectivity index (χ0n) is 9.12. The predicted octanol–water partition coefficient (Wildman–Crippen LogP) is 2.24. The van der Waals surface area contributed by atoms with Gasteiger partial charge in [-0.3, -0.25) is 16.0 Å². The Morgan fingerprint density at radius 3 is 2.39 bits per heavy atom. The van der Waals surface area contributed by atoms with E-state index in [1.165, 1.54) is 12.1 Å². The normalized spacial score (nSPS) is 11.1. The van der Waals surface area contributed by atoms with Crippen molar-refractivity contribution in [1.82, 2.24) is 0 Å². The molecule has 9 heteroatoms. The Bertz CT molecular complexity index is 436. The number of alkyl halides is 3. The largest absolute Gasteiger partial charge is 0.390 e. The van der Waals surface area contributed by atoms with E-state index in [0.717, 1.165) is 6.07 Å². The Balaban J connectivity index is 2.76. The third kappa shape index (κ3) is 4.45. The molecule has 0 aliphatic heterocycles. The number of hydrazine groups is 1. The summed E-state index contributed by atoms with van der Waals surface area (Å²) in [6.07, 6.45) is -5.30. The van der Waals surface area contributed by atoms with E-state index in [2.05, 4.69) is 10.7 Å². The Labute approximate surface area is 100 Å². The summed E-state index contributed by atoms with van der Waals surface area (Å²) >= 11 is 0. The van der Waals surface area contributed by atoms with E-state index >= 15 is 0 Å². The molecule has 0 unspecified atom stereocenters. The Morgan fingerprint density at radius 2 is 1.89 bits per heavy atom. The van der Waals surface area contributed by atoms with E-state index in [4.69, 9.17) is 5.84 Å². The second kappa shape index (κ2) is 5.54. The maximum absolute atomic E-state index is 11.9. The van der Waals surface area contributed by atoms with Crippen LogP contribution in [0.4, 0.5) is 30.2 Å². The highest BCUT2D eigenvalue weighted by molar-refractivity contribution is 5.63. The second-order valence-electron chi connectivity index (χ2n) is 3.46. The number of nitro groups is 1. The number of nitrogens with one attached hydrogen (secondary N) is 2. The lowest BCUT2D eigenvalue weighted by atomic mass is 10.2. The lowest BCUT2D eigenvalue weighted by molar-refractivity contribution is -0.384. The van der Waals surface area contributed by atoms with Gasteiger partial charge in [-0.15, -0.1) is 0 Å². The van der Waals surface area contributed by atoms with Crippen molar-refractivity contribution >= 4 is 17.1 Å². The number of nitrogen functional groups attached to an aromatic ring is 1. The van der Waals surface area contributed by atoms with Crippen LogP contribution in [0.3, 0.4) is 0 Å². The van der Waals surface area contributed by atoms with Gasteiger partial charge in [-0.25, -0.2) is 0 Å². The Kier molecular flexibility index (Phi) is 4.32. The van der Waals surface area contributed by atoms with Crippen LogP contribution in [0.2, 0.25) is 0 Å². The van der Waals surface area contributed by atoms with Crippen LogP contribution in [0.1, 0.15) is 6.42 Å². The molecule has 0 aromatic heterocycles. The molecule has 0 heterocycles. The molecule has 1 aromatic rings. The van der Waals surface area contributed by atoms with Gasteiger partial charge < -0.3 is 10.7 Å². The monoisotopic (exact) mass is 264 g/mol. The molecular weight excluding hydrogens is 253 g/mol. The minimum atomic E-state index is -4.28. The summed E-state index contributed by atoms with van der Waals surface area (Å²) in [5.41, 5.74) is 2.37. The third-order valence-electron chi connectivity index (χ3n) is 2.03. The van der Waals surface area contributed by atoms with Crippen molar-refractivity contribution in [3.8, 4) is 0 Å². The van der Waals surface area contributed by atoms with Gasteiger partial charge in [0.2, 0.25) is 0 Å². The average molecular weight is 264 g/mol. The first-order valence-corrected chi connectivity index (χ1v) is 4.88. The van der Waals surface area contributed by atoms with Crippen molar-refractivity contribution in [3.63, 3.8) is 0 Å². The van der Waals surface area contributed by atoms with Crippen molar-refractivity contribution < 1.29 is 18.1 Å². The highest BCUT2D eigenvalue weighted by Crippen LogP contribution is 2.25.